The summed E-state index contributed by atoms with van der Waals surface area (Å²) in [5.41, 5.74) is 2.96. The number of nitrogens with one attached hydrogen (secondary N) is 2. The van der Waals surface area contributed by atoms with Gasteiger partial charge in [0.15, 0.2) is 5.65 Å². The SMILES string of the molecule is CCc1cnn2c(NCC3=CC(O)N(CC)C=C3)cc(N[C@H]3CCCC[C@H]3CO)nc12. The van der Waals surface area contributed by atoms with Crippen molar-refractivity contribution in [2.24, 2.45) is 5.92 Å². The molecule has 8 heteroatoms. The van der Waals surface area contributed by atoms with E-state index in [2.05, 4.69) is 22.7 Å². The highest BCUT2D eigenvalue weighted by atomic mass is 16.3. The zero-order valence-electron chi connectivity index (χ0n) is 18.5. The molecule has 3 atom stereocenters. The Balaban J connectivity index is 1.57. The van der Waals surface area contributed by atoms with Crippen molar-refractivity contribution in [3.8, 4) is 0 Å². The number of anilines is 2. The molecule has 8 nitrogen and oxygen atoms in total. The van der Waals surface area contributed by atoms with Crippen molar-refractivity contribution in [1.82, 2.24) is 19.5 Å². The van der Waals surface area contributed by atoms with Gasteiger partial charge in [0.25, 0.3) is 0 Å². The van der Waals surface area contributed by atoms with Crippen molar-refractivity contribution in [2.45, 2.75) is 58.2 Å². The first-order chi connectivity index (χ1) is 15.1. The van der Waals surface area contributed by atoms with Crippen molar-refractivity contribution in [3.63, 3.8) is 0 Å². The quantitative estimate of drug-likeness (QED) is 0.515. The number of aliphatic hydroxyl groups is 2. The summed E-state index contributed by atoms with van der Waals surface area (Å²) in [4.78, 5) is 6.72. The molecule has 0 radical (unpaired) electrons. The maximum Gasteiger partial charge on any atom is 0.162 e. The van der Waals surface area contributed by atoms with Crippen molar-refractivity contribution in [2.75, 3.05) is 30.3 Å². The van der Waals surface area contributed by atoms with Gasteiger partial charge in [0.1, 0.15) is 17.9 Å². The molecule has 1 aliphatic carbocycles. The lowest BCUT2D eigenvalue weighted by Gasteiger charge is -2.31. The number of hydrogen-bond donors (Lipinski definition) is 4. The largest absolute Gasteiger partial charge is 0.396 e. The van der Waals surface area contributed by atoms with Crippen LogP contribution in [0.3, 0.4) is 0 Å². The molecule has 3 heterocycles. The van der Waals surface area contributed by atoms with E-state index >= 15 is 0 Å². The van der Waals surface area contributed by atoms with E-state index in [4.69, 9.17) is 4.98 Å². The van der Waals surface area contributed by atoms with Crippen LogP contribution in [0.25, 0.3) is 5.65 Å². The zero-order valence-corrected chi connectivity index (χ0v) is 18.5. The van der Waals surface area contributed by atoms with Crippen molar-refractivity contribution in [3.05, 3.63) is 41.8 Å². The number of aromatic nitrogens is 3. The van der Waals surface area contributed by atoms with Crippen LogP contribution in [0.2, 0.25) is 0 Å². The number of rotatable bonds is 8. The first kappa shape index (κ1) is 21.6. The number of aryl methyl sites for hydroxylation is 1. The third-order valence-electron chi connectivity index (χ3n) is 6.42. The van der Waals surface area contributed by atoms with Gasteiger partial charge in [-0.25, -0.2) is 4.98 Å². The molecule has 4 rings (SSSR count). The van der Waals surface area contributed by atoms with Gasteiger partial charge >= 0.3 is 0 Å². The van der Waals surface area contributed by atoms with E-state index in [1.54, 1.807) is 0 Å². The lowest BCUT2D eigenvalue weighted by atomic mass is 9.85. The smallest absolute Gasteiger partial charge is 0.162 e. The fourth-order valence-corrected chi connectivity index (χ4v) is 4.49. The van der Waals surface area contributed by atoms with E-state index in [0.717, 1.165) is 54.2 Å². The average Bonchev–Trinajstić information content (AvgIpc) is 3.21. The molecule has 0 spiro atoms. The number of likely N-dealkylation sites (N-methyl/N-ethyl adjacent to an activating group) is 1. The molecule has 0 bridgehead atoms. The van der Waals surface area contributed by atoms with E-state index in [0.29, 0.717) is 6.54 Å². The highest BCUT2D eigenvalue weighted by Crippen LogP contribution is 2.28. The summed E-state index contributed by atoms with van der Waals surface area (Å²) in [5.74, 6) is 1.92. The Kier molecular flexibility index (Phi) is 6.77. The van der Waals surface area contributed by atoms with Crippen LogP contribution in [-0.4, -0.2) is 61.7 Å². The molecular weight excluding hydrogens is 392 g/mol. The predicted molar refractivity (Wildman–Crippen MR) is 123 cm³/mol. The zero-order chi connectivity index (χ0) is 21.8. The van der Waals surface area contributed by atoms with Crippen LogP contribution in [0.15, 0.2) is 36.2 Å². The highest BCUT2D eigenvalue weighted by Gasteiger charge is 2.25. The molecule has 0 aromatic carbocycles. The van der Waals surface area contributed by atoms with Gasteiger partial charge in [0, 0.05) is 49.5 Å². The van der Waals surface area contributed by atoms with E-state index in [9.17, 15) is 10.2 Å². The van der Waals surface area contributed by atoms with Crippen molar-refractivity contribution in [1.29, 1.82) is 0 Å². The Morgan fingerprint density at radius 3 is 2.81 bits per heavy atom. The summed E-state index contributed by atoms with van der Waals surface area (Å²) in [6, 6.07) is 2.22. The lowest BCUT2D eigenvalue weighted by molar-refractivity contribution is 0.0808. The van der Waals surface area contributed by atoms with Crippen molar-refractivity contribution >= 4 is 17.3 Å². The summed E-state index contributed by atoms with van der Waals surface area (Å²) >= 11 is 0. The Morgan fingerprint density at radius 2 is 2.06 bits per heavy atom. The fourth-order valence-electron chi connectivity index (χ4n) is 4.49. The maximum atomic E-state index is 10.2. The fraction of sp³-hybridized carbons (Fsp3) is 0.565. The molecule has 0 saturated heterocycles. The molecule has 1 aliphatic heterocycles. The number of hydrogen-bond acceptors (Lipinski definition) is 7. The van der Waals surface area contributed by atoms with Crippen LogP contribution in [0.5, 0.6) is 0 Å². The molecular formula is C23H34N6O2. The van der Waals surface area contributed by atoms with Crippen LogP contribution in [-0.2, 0) is 6.42 Å². The molecule has 31 heavy (non-hydrogen) atoms. The van der Waals surface area contributed by atoms with Gasteiger partial charge in [-0.15, -0.1) is 0 Å². The minimum absolute atomic E-state index is 0.204. The average molecular weight is 427 g/mol. The standard InChI is InChI=1S/C23H34N6O2/c1-3-17-14-25-29-21(24-13-16-9-10-28(4-2)22(31)11-16)12-20(27-23(17)29)26-19-8-6-5-7-18(19)15-30/h9-12,14,18-19,22,24,30-31H,3-8,13,15H2,1-2H3,(H,26,27)/t18-,19-,22?/m0/s1. The van der Waals surface area contributed by atoms with Crippen LogP contribution in [0, 0.1) is 5.92 Å². The third-order valence-corrected chi connectivity index (χ3v) is 6.42. The first-order valence-corrected chi connectivity index (χ1v) is 11.4. The Labute approximate surface area is 183 Å². The van der Waals surface area contributed by atoms with Crippen LogP contribution >= 0.6 is 0 Å². The lowest BCUT2D eigenvalue weighted by Crippen LogP contribution is -2.34. The molecule has 2 aromatic rings. The monoisotopic (exact) mass is 426 g/mol. The second kappa shape index (κ2) is 9.70. The maximum absolute atomic E-state index is 10.2. The van der Waals surface area contributed by atoms with Crippen LogP contribution in [0.4, 0.5) is 11.6 Å². The molecule has 168 valence electrons. The molecule has 0 amide bonds. The van der Waals surface area contributed by atoms with E-state index in [1.807, 2.05) is 47.0 Å². The molecule has 2 aromatic heterocycles. The second-order valence-corrected chi connectivity index (χ2v) is 8.42. The van der Waals surface area contributed by atoms with Gasteiger partial charge in [-0.2, -0.15) is 9.61 Å². The van der Waals surface area contributed by atoms with Gasteiger partial charge in [-0.1, -0.05) is 19.8 Å². The van der Waals surface area contributed by atoms with Gasteiger partial charge in [-0.05, 0) is 43.9 Å². The van der Waals surface area contributed by atoms with Crippen LogP contribution in [0.1, 0.15) is 45.1 Å². The molecule has 2 aliphatic rings. The minimum Gasteiger partial charge on any atom is -0.396 e. The number of aliphatic hydroxyl groups excluding tert-OH is 2. The van der Waals surface area contributed by atoms with E-state index < -0.39 is 6.23 Å². The first-order valence-electron chi connectivity index (χ1n) is 11.4. The summed E-state index contributed by atoms with van der Waals surface area (Å²) in [6.07, 6.45) is 12.4. The molecule has 4 N–H and O–H groups in total. The molecule has 1 fully saturated rings. The number of nitrogens with zero attached hydrogens (tertiary/aromatic N) is 4. The molecule has 1 saturated carbocycles. The number of fused-ring (bicyclic) bond motifs is 1. The molecule has 1 unspecified atom stereocenters. The van der Waals surface area contributed by atoms with E-state index in [1.165, 1.54) is 12.8 Å². The Hall–Kier alpha value is -2.58. The van der Waals surface area contributed by atoms with Crippen LogP contribution < -0.4 is 10.6 Å². The highest BCUT2D eigenvalue weighted by molar-refractivity contribution is 5.61. The summed E-state index contributed by atoms with van der Waals surface area (Å²) < 4.78 is 1.84. The topological polar surface area (TPSA) is 98.0 Å². The summed E-state index contributed by atoms with van der Waals surface area (Å²) in [6.45, 7) is 5.66. The minimum atomic E-state index is -0.598. The predicted octanol–water partition coefficient (Wildman–Crippen LogP) is 2.76. The Morgan fingerprint density at radius 1 is 1.23 bits per heavy atom. The van der Waals surface area contributed by atoms with Gasteiger partial charge in [0.2, 0.25) is 0 Å². The second-order valence-electron chi connectivity index (χ2n) is 8.42. The van der Waals surface area contributed by atoms with E-state index in [-0.39, 0.29) is 18.6 Å². The summed E-state index contributed by atoms with van der Waals surface area (Å²) in [7, 11) is 0. The normalized spacial score (nSPS) is 23.8. The summed E-state index contributed by atoms with van der Waals surface area (Å²) in [5, 5.41) is 31.6. The van der Waals surface area contributed by atoms with Crippen molar-refractivity contribution < 1.29 is 10.2 Å². The third kappa shape index (κ3) is 4.70. The van der Waals surface area contributed by atoms with Gasteiger partial charge in [0.05, 0.1) is 6.20 Å². The van der Waals surface area contributed by atoms with Gasteiger partial charge in [-0.3, -0.25) is 0 Å². The van der Waals surface area contributed by atoms with Gasteiger partial charge < -0.3 is 25.7 Å². The Bertz CT molecular complexity index is 953.